The average Bonchev–Trinajstić information content (AvgIpc) is 3.19. The van der Waals surface area contributed by atoms with Crippen molar-refractivity contribution in [3.8, 4) is 11.3 Å². The Morgan fingerprint density at radius 1 is 1.29 bits per heavy atom. The van der Waals surface area contributed by atoms with Crippen LogP contribution >= 0.6 is 0 Å². The highest BCUT2D eigenvalue weighted by Crippen LogP contribution is 2.46. The molecule has 5 atom stereocenters. The van der Waals surface area contributed by atoms with Gasteiger partial charge >= 0.3 is 0 Å². The Hall–Kier alpha value is -1.94. The summed E-state index contributed by atoms with van der Waals surface area (Å²) in [5.74, 6) is 1.28. The molecule has 1 saturated carbocycles. The number of hydrogen-bond donors (Lipinski definition) is 1. The molecule has 0 spiro atoms. The van der Waals surface area contributed by atoms with Gasteiger partial charge in [-0.05, 0) is 61.1 Å². The normalized spacial score (nSPS) is 31.1. The Morgan fingerprint density at radius 3 is 2.96 bits per heavy atom. The van der Waals surface area contributed by atoms with Crippen LogP contribution in [0.1, 0.15) is 37.3 Å². The lowest BCUT2D eigenvalue weighted by Gasteiger charge is -2.41. The van der Waals surface area contributed by atoms with Gasteiger partial charge in [-0.15, -0.1) is 0 Å². The lowest BCUT2D eigenvalue weighted by molar-refractivity contribution is 0.0330. The van der Waals surface area contributed by atoms with E-state index in [4.69, 9.17) is 0 Å². The van der Waals surface area contributed by atoms with Crippen LogP contribution in [0.4, 0.5) is 4.39 Å². The standard InChI is InChI=1S/C20H21FN2O/c21-14-5-6-15-17(8-14)19-10-22-11-23(19)18(15)9-20(24)16-7-12-1-3-13(16)4-2-12/h1,3,5-6,8,10-13,16,18,20,24H,2,4,7,9H2. The van der Waals surface area contributed by atoms with Crippen molar-refractivity contribution in [2.24, 2.45) is 17.8 Å². The molecule has 0 saturated heterocycles. The molecule has 6 rings (SSSR count). The first kappa shape index (κ1) is 14.4. The number of aliphatic hydroxyl groups is 1. The summed E-state index contributed by atoms with van der Waals surface area (Å²) < 4.78 is 15.7. The Morgan fingerprint density at radius 2 is 2.21 bits per heavy atom. The highest BCUT2D eigenvalue weighted by molar-refractivity contribution is 5.69. The summed E-state index contributed by atoms with van der Waals surface area (Å²) in [6.45, 7) is 0. The van der Waals surface area contributed by atoms with Crippen molar-refractivity contribution in [3.63, 3.8) is 0 Å². The number of aliphatic hydroxyl groups excluding tert-OH is 1. The third-order valence-corrected chi connectivity index (χ3v) is 6.24. The zero-order valence-corrected chi connectivity index (χ0v) is 13.5. The molecule has 1 fully saturated rings. The minimum absolute atomic E-state index is 0.0533. The van der Waals surface area contributed by atoms with E-state index in [1.807, 2.05) is 6.07 Å². The Labute approximate surface area is 140 Å². The van der Waals surface area contributed by atoms with Gasteiger partial charge in [-0.2, -0.15) is 0 Å². The first-order valence-corrected chi connectivity index (χ1v) is 8.89. The molecule has 0 amide bonds. The fourth-order valence-corrected chi connectivity index (χ4v) is 5.02. The molecule has 1 aromatic carbocycles. The molecule has 2 heterocycles. The molecule has 3 nitrogen and oxygen atoms in total. The number of fused-ring (bicyclic) bond motifs is 5. The van der Waals surface area contributed by atoms with E-state index in [2.05, 4.69) is 21.7 Å². The number of aromatic nitrogens is 2. The predicted molar refractivity (Wildman–Crippen MR) is 89.8 cm³/mol. The van der Waals surface area contributed by atoms with E-state index < -0.39 is 0 Å². The van der Waals surface area contributed by atoms with Crippen molar-refractivity contribution < 1.29 is 9.50 Å². The van der Waals surface area contributed by atoms with Crippen molar-refractivity contribution >= 4 is 0 Å². The zero-order valence-electron chi connectivity index (χ0n) is 13.5. The van der Waals surface area contributed by atoms with E-state index in [0.717, 1.165) is 23.2 Å². The van der Waals surface area contributed by atoms with E-state index in [1.54, 1.807) is 18.6 Å². The van der Waals surface area contributed by atoms with Gasteiger partial charge in [-0.1, -0.05) is 18.2 Å². The smallest absolute Gasteiger partial charge is 0.123 e. The summed E-state index contributed by atoms with van der Waals surface area (Å²) in [6, 6.07) is 5.02. The summed E-state index contributed by atoms with van der Waals surface area (Å²) in [7, 11) is 0. The van der Waals surface area contributed by atoms with E-state index >= 15 is 0 Å². The molecule has 0 radical (unpaired) electrons. The van der Waals surface area contributed by atoms with Crippen LogP contribution in [0.25, 0.3) is 11.3 Å². The van der Waals surface area contributed by atoms with Crippen molar-refractivity contribution in [1.82, 2.24) is 9.55 Å². The summed E-state index contributed by atoms with van der Waals surface area (Å²) in [5.41, 5.74) is 2.96. The molecule has 4 aliphatic rings. The largest absolute Gasteiger partial charge is 0.393 e. The van der Waals surface area contributed by atoms with Crippen LogP contribution in [0.15, 0.2) is 42.9 Å². The Balaban J connectivity index is 1.45. The van der Waals surface area contributed by atoms with Crippen molar-refractivity contribution in [3.05, 3.63) is 54.3 Å². The summed E-state index contributed by atoms with van der Waals surface area (Å²) in [6.07, 6.45) is 12.1. The maximum Gasteiger partial charge on any atom is 0.123 e. The maximum absolute atomic E-state index is 13.7. The zero-order chi connectivity index (χ0) is 16.3. The third-order valence-electron chi connectivity index (χ3n) is 6.24. The SMILES string of the molecule is OC(CC1c2ccc(F)cc2-c2cncn21)C1CC2C=CC1CC2. The molecule has 1 aromatic heterocycles. The van der Waals surface area contributed by atoms with Gasteiger partial charge < -0.3 is 9.67 Å². The van der Waals surface area contributed by atoms with Crippen LogP contribution in [0.5, 0.6) is 0 Å². The third kappa shape index (κ3) is 2.09. The number of allylic oxidation sites excluding steroid dienone is 2. The van der Waals surface area contributed by atoms with Gasteiger partial charge in [0.2, 0.25) is 0 Å². The number of imidazole rings is 1. The number of hydrogen-bond acceptors (Lipinski definition) is 2. The second-order valence-corrected chi connectivity index (χ2v) is 7.52. The van der Waals surface area contributed by atoms with Gasteiger partial charge in [0.25, 0.3) is 0 Å². The van der Waals surface area contributed by atoms with Gasteiger partial charge in [0.05, 0.1) is 30.4 Å². The second-order valence-electron chi connectivity index (χ2n) is 7.52. The number of benzene rings is 1. The monoisotopic (exact) mass is 324 g/mol. The lowest BCUT2D eigenvalue weighted by Crippen LogP contribution is -2.36. The van der Waals surface area contributed by atoms with Crippen LogP contribution in [-0.4, -0.2) is 20.8 Å². The highest BCUT2D eigenvalue weighted by Gasteiger charge is 2.38. The lowest BCUT2D eigenvalue weighted by atomic mass is 9.66. The number of halogens is 1. The van der Waals surface area contributed by atoms with Gasteiger partial charge in [0, 0.05) is 5.56 Å². The first-order chi connectivity index (χ1) is 11.7. The molecule has 124 valence electrons. The van der Waals surface area contributed by atoms with Gasteiger partial charge in [0.15, 0.2) is 0 Å². The average molecular weight is 324 g/mol. The molecule has 3 aliphatic carbocycles. The highest BCUT2D eigenvalue weighted by atomic mass is 19.1. The van der Waals surface area contributed by atoms with E-state index in [1.165, 1.54) is 18.9 Å². The number of rotatable bonds is 3. The molecule has 1 N–H and O–H groups in total. The second kappa shape index (κ2) is 5.28. The molecule has 2 aromatic rings. The van der Waals surface area contributed by atoms with Crippen molar-refractivity contribution in [2.45, 2.75) is 37.8 Å². The molecule has 2 bridgehead atoms. The van der Waals surface area contributed by atoms with Gasteiger partial charge in [-0.25, -0.2) is 9.37 Å². The van der Waals surface area contributed by atoms with Crippen LogP contribution in [0.2, 0.25) is 0 Å². The van der Waals surface area contributed by atoms with Crippen LogP contribution in [0.3, 0.4) is 0 Å². The topological polar surface area (TPSA) is 38.1 Å². The van der Waals surface area contributed by atoms with Crippen LogP contribution < -0.4 is 0 Å². The summed E-state index contributed by atoms with van der Waals surface area (Å²) in [4.78, 5) is 4.23. The van der Waals surface area contributed by atoms with Crippen molar-refractivity contribution in [1.29, 1.82) is 0 Å². The molecular weight excluding hydrogens is 303 g/mol. The maximum atomic E-state index is 13.7. The van der Waals surface area contributed by atoms with E-state index in [9.17, 15) is 9.50 Å². The Bertz CT molecular complexity index is 812. The fraction of sp³-hybridized carbons (Fsp3) is 0.450. The van der Waals surface area contributed by atoms with Gasteiger partial charge in [0.1, 0.15) is 5.82 Å². The number of nitrogens with zero attached hydrogens (tertiary/aromatic N) is 2. The van der Waals surface area contributed by atoms with Crippen molar-refractivity contribution in [2.75, 3.05) is 0 Å². The van der Waals surface area contributed by atoms with E-state index in [-0.39, 0.29) is 18.0 Å². The molecular formula is C20H21FN2O. The molecule has 4 heteroatoms. The van der Waals surface area contributed by atoms with E-state index in [0.29, 0.717) is 24.2 Å². The van der Waals surface area contributed by atoms with Gasteiger partial charge in [-0.3, -0.25) is 0 Å². The van der Waals surface area contributed by atoms with Crippen LogP contribution in [0, 0.1) is 23.6 Å². The van der Waals surface area contributed by atoms with Crippen LogP contribution in [-0.2, 0) is 0 Å². The minimum atomic E-state index is -0.334. The summed E-state index contributed by atoms with van der Waals surface area (Å²) >= 11 is 0. The Kier molecular flexibility index (Phi) is 3.17. The quantitative estimate of drug-likeness (QED) is 0.868. The first-order valence-electron chi connectivity index (χ1n) is 8.89. The predicted octanol–water partition coefficient (Wildman–Crippen LogP) is 3.95. The minimum Gasteiger partial charge on any atom is -0.393 e. The molecule has 24 heavy (non-hydrogen) atoms. The molecule has 5 unspecified atom stereocenters. The fourth-order valence-electron chi connectivity index (χ4n) is 5.02. The molecule has 1 aliphatic heterocycles. The summed E-state index contributed by atoms with van der Waals surface area (Å²) in [5, 5.41) is 11.0.